The Morgan fingerprint density at radius 2 is 1.45 bits per heavy atom. The maximum absolute atomic E-state index is 12.6. The summed E-state index contributed by atoms with van der Waals surface area (Å²) in [6, 6.07) is 15.3. The maximum atomic E-state index is 12.6. The van der Waals surface area contributed by atoms with Gasteiger partial charge in [-0.3, -0.25) is 0 Å². The Bertz CT molecular complexity index is 751. The SMILES string of the molecule is CCCCCCCCCCOC(C)c1ccc(C(=O)Oc2ccccc2CCC)cc1. The van der Waals surface area contributed by atoms with Gasteiger partial charge in [0.1, 0.15) is 5.75 Å². The van der Waals surface area contributed by atoms with Gasteiger partial charge in [0.15, 0.2) is 0 Å². The quantitative estimate of drug-likeness (QED) is 0.165. The fraction of sp³-hybridized carbons (Fsp3) is 0.536. The molecule has 0 aliphatic rings. The second kappa shape index (κ2) is 14.8. The molecule has 0 radical (unpaired) electrons. The van der Waals surface area contributed by atoms with Crippen LogP contribution >= 0.6 is 0 Å². The highest BCUT2D eigenvalue weighted by Crippen LogP contribution is 2.22. The van der Waals surface area contributed by atoms with E-state index in [9.17, 15) is 4.79 Å². The van der Waals surface area contributed by atoms with Crippen molar-refractivity contribution >= 4 is 5.97 Å². The van der Waals surface area contributed by atoms with Crippen molar-refractivity contribution in [2.45, 2.75) is 91.1 Å². The number of ether oxygens (including phenoxy) is 2. The highest BCUT2D eigenvalue weighted by Gasteiger charge is 2.13. The first-order valence-corrected chi connectivity index (χ1v) is 12.2. The topological polar surface area (TPSA) is 35.5 Å². The molecule has 2 aromatic carbocycles. The highest BCUT2D eigenvalue weighted by molar-refractivity contribution is 5.91. The van der Waals surface area contributed by atoms with E-state index in [1.807, 2.05) is 48.5 Å². The lowest BCUT2D eigenvalue weighted by Gasteiger charge is -2.14. The summed E-state index contributed by atoms with van der Waals surface area (Å²) in [7, 11) is 0. The molecule has 0 aromatic heterocycles. The molecule has 3 nitrogen and oxygen atoms in total. The molecular formula is C28H40O3. The van der Waals surface area contributed by atoms with E-state index in [2.05, 4.69) is 20.8 Å². The standard InChI is InChI=1S/C28H40O3/c1-4-6-7-8-9-10-11-14-22-30-23(3)24-18-20-26(21-19-24)28(29)31-27-17-13-12-16-25(27)15-5-2/h12-13,16-21,23H,4-11,14-15,22H2,1-3H3. The molecule has 3 heteroatoms. The summed E-state index contributed by atoms with van der Waals surface area (Å²) in [5.74, 6) is 0.336. The fourth-order valence-corrected chi connectivity index (χ4v) is 3.72. The molecule has 2 rings (SSSR count). The number of rotatable bonds is 15. The van der Waals surface area contributed by atoms with Gasteiger partial charge >= 0.3 is 5.97 Å². The second-order valence-electron chi connectivity index (χ2n) is 8.36. The van der Waals surface area contributed by atoms with Gasteiger partial charge in [0.25, 0.3) is 0 Å². The number of para-hydroxylation sites is 1. The van der Waals surface area contributed by atoms with E-state index >= 15 is 0 Å². The zero-order valence-electron chi connectivity index (χ0n) is 19.7. The number of carbonyl (C=O) groups is 1. The Balaban J connectivity index is 1.73. The number of hydrogen-bond acceptors (Lipinski definition) is 3. The van der Waals surface area contributed by atoms with Crippen molar-refractivity contribution in [2.24, 2.45) is 0 Å². The third kappa shape index (κ3) is 9.26. The van der Waals surface area contributed by atoms with Gasteiger partial charge in [0.05, 0.1) is 11.7 Å². The summed E-state index contributed by atoms with van der Waals surface area (Å²) in [4.78, 5) is 12.6. The van der Waals surface area contributed by atoms with Gasteiger partial charge in [0, 0.05) is 6.61 Å². The molecule has 0 amide bonds. The van der Waals surface area contributed by atoms with Crippen molar-refractivity contribution in [3.05, 3.63) is 65.2 Å². The van der Waals surface area contributed by atoms with Crippen LogP contribution < -0.4 is 4.74 Å². The number of benzene rings is 2. The molecule has 0 saturated carbocycles. The molecule has 0 spiro atoms. The normalized spacial score (nSPS) is 12.0. The Morgan fingerprint density at radius 1 is 0.806 bits per heavy atom. The van der Waals surface area contributed by atoms with Gasteiger partial charge in [-0.15, -0.1) is 0 Å². The minimum Gasteiger partial charge on any atom is -0.423 e. The Kier molecular flexibility index (Phi) is 12.0. The second-order valence-corrected chi connectivity index (χ2v) is 8.36. The summed E-state index contributed by atoms with van der Waals surface area (Å²) in [5.41, 5.74) is 2.71. The highest BCUT2D eigenvalue weighted by atomic mass is 16.5. The average molecular weight is 425 g/mol. The first-order valence-electron chi connectivity index (χ1n) is 12.2. The van der Waals surface area contributed by atoms with Crippen molar-refractivity contribution < 1.29 is 14.3 Å². The average Bonchev–Trinajstić information content (AvgIpc) is 2.79. The van der Waals surface area contributed by atoms with Crippen LogP contribution in [0.1, 0.15) is 106 Å². The lowest BCUT2D eigenvalue weighted by Crippen LogP contribution is -2.10. The van der Waals surface area contributed by atoms with E-state index in [0.717, 1.165) is 37.0 Å². The van der Waals surface area contributed by atoms with Gasteiger partial charge in [-0.1, -0.05) is 95.5 Å². The van der Waals surface area contributed by atoms with Crippen LogP contribution in [0.5, 0.6) is 5.75 Å². The molecule has 31 heavy (non-hydrogen) atoms. The van der Waals surface area contributed by atoms with Crippen LogP contribution in [0.2, 0.25) is 0 Å². The summed E-state index contributed by atoms with van der Waals surface area (Å²) < 4.78 is 11.6. The summed E-state index contributed by atoms with van der Waals surface area (Å²) in [6.07, 6.45) is 12.3. The first kappa shape index (κ1) is 25.1. The third-order valence-electron chi connectivity index (χ3n) is 5.68. The zero-order valence-corrected chi connectivity index (χ0v) is 19.7. The van der Waals surface area contributed by atoms with Crippen LogP contribution in [0, 0.1) is 0 Å². The summed E-state index contributed by atoms with van der Waals surface area (Å²) in [6.45, 7) is 7.23. The largest absolute Gasteiger partial charge is 0.423 e. The summed E-state index contributed by atoms with van der Waals surface area (Å²) >= 11 is 0. The van der Waals surface area contributed by atoms with Crippen molar-refractivity contribution in [3.63, 3.8) is 0 Å². The number of carbonyl (C=O) groups excluding carboxylic acids is 1. The van der Waals surface area contributed by atoms with Crippen molar-refractivity contribution in [1.82, 2.24) is 0 Å². The summed E-state index contributed by atoms with van der Waals surface area (Å²) in [5, 5.41) is 0. The van der Waals surface area contributed by atoms with Gasteiger partial charge in [-0.05, 0) is 49.1 Å². The van der Waals surface area contributed by atoms with Crippen LogP contribution in [0.25, 0.3) is 0 Å². The van der Waals surface area contributed by atoms with E-state index in [0.29, 0.717) is 11.3 Å². The van der Waals surface area contributed by atoms with Gasteiger partial charge in [0.2, 0.25) is 0 Å². The smallest absolute Gasteiger partial charge is 0.343 e. The molecular weight excluding hydrogens is 384 g/mol. The minimum absolute atomic E-state index is 0.0277. The fourth-order valence-electron chi connectivity index (χ4n) is 3.72. The molecule has 170 valence electrons. The van der Waals surface area contributed by atoms with E-state index in [1.165, 1.54) is 44.9 Å². The predicted molar refractivity (Wildman–Crippen MR) is 129 cm³/mol. The van der Waals surface area contributed by atoms with Crippen LogP contribution in [0.3, 0.4) is 0 Å². The monoisotopic (exact) mass is 424 g/mol. The van der Waals surface area contributed by atoms with Crippen LogP contribution in [0.15, 0.2) is 48.5 Å². The number of hydrogen-bond donors (Lipinski definition) is 0. The van der Waals surface area contributed by atoms with E-state index in [4.69, 9.17) is 9.47 Å². The molecule has 0 aliphatic carbocycles. The Labute approximate surface area is 189 Å². The van der Waals surface area contributed by atoms with E-state index < -0.39 is 0 Å². The van der Waals surface area contributed by atoms with Crippen molar-refractivity contribution in [3.8, 4) is 5.75 Å². The molecule has 0 saturated heterocycles. The van der Waals surface area contributed by atoms with Crippen molar-refractivity contribution in [2.75, 3.05) is 6.61 Å². The maximum Gasteiger partial charge on any atom is 0.343 e. The van der Waals surface area contributed by atoms with Gasteiger partial charge < -0.3 is 9.47 Å². The molecule has 0 fully saturated rings. The van der Waals surface area contributed by atoms with Crippen LogP contribution in [-0.2, 0) is 11.2 Å². The zero-order chi connectivity index (χ0) is 22.3. The first-order chi connectivity index (χ1) is 15.2. The molecule has 0 N–H and O–H groups in total. The van der Waals surface area contributed by atoms with Crippen molar-refractivity contribution in [1.29, 1.82) is 0 Å². The molecule has 2 aromatic rings. The van der Waals surface area contributed by atoms with Crippen LogP contribution in [0.4, 0.5) is 0 Å². The van der Waals surface area contributed by atoms with Gasteiger partial charge in [-0.2, -0.15) is 0 Å². The number of esters is 1. The molecule has 0 bridgehead atoms. The Morgan fingerprint density at radius 3 is 2.13 bits per heavy atom. The Hall–Kier alpha value is -2.13. The predicted octanol–water partition coefficient (Wildman–Crippen LogP) is 8.08. The van der Waals surface area contributed by atoms with E-state index in [-0.39, 0.29) is 12.1 Å². The third-order valence-corrected chi connectivity index (χ3v) is 5.68. The molecule has 1 atom stereocenters. The minimum atomic E-state index is -0.317. The lowest BCUT2D eigenvalue weighted by atomic mass is 10.1. The van der Waals surface area contributed by atoms with Crippen LogP contribution in [-0.4, -0.2) is 12.6 Å². The molecule has 0 aliphatic heterocycles. The lowest BCUT2D eigenvalue weighted by molar-refractivity contribution is 0.0626. The molecule has 1 unspecified atom stereocenters. The van der Waals surface area contributed by atoms with E-state index in [1.54, 1.807) is 0 Å². The number of unbranched alkanes of at least 4 members (excludes halogenated alkanes) is 7. The number of aryl methyl sites for hydroxylation is 1. The van der Waals surface area contributed by atoms with Gasteiger partial charge in [-0.25, -0.2) is 4.79 Å². The molecule has 0 heterocycles.